The molecule has 4 heteroatoms. The molecule has 1 aliphatic heterocycles. The summed E-state index contributed by atoms with van der Waals surface area (Å²) < 4.78 is 10.3. The molecule has 0 saturated carbocycles. The number of nitrogens with zero attached hydrogens (tertiary/aromatic N) is 1. The summed E-state index contributed by atoms with van der Waals surface area (Å²) in [6.07, 6.45) is 3.74. The minimum absolute atomic E-state index is 0.239. The highest BCUT2D eigenvalue weighted by molar-refractivity contribution is 5.65. The Labute approximate surface area is 88.2 Å². The first-order valence-corrected chi connectivity index (χ1v) is 4.99. The first-order chi connectivity index (χ1) is 7.25. The van der Waals surface area contributed by atoms with Crippen LogP contribution in [0.4, 0.5) is 0 Å². The van der Waals surface area contributed by atoms with E-state index >= 15 is 0 Å². The number of carbonyl (C=O) groups is 1. The van der Waals surface area contributed by atoms with Crippen molar-refractivity contribution >= 4 is 5.97 Å². The molecule has 0 fully saturated rings. The van der Waals surface area contributed by atoms with Crippen molar-refractivity contribution in [2.24, 2.45) is 0 Å². The number of aromatic nitrogens is 1. The van der Waals surface area contributed by atoms with E-state index in [-0.39, 0.29) is 12.6 Å². The lowest BCUT2D eigenvalue weighted by molar-refractivity contribution is -0.142. The van der Waals surface area contributed by atoms with Crippen molar-refractivity contribution in [3.8, 4) is 5.75 Å². The normalized spacial score (nSPS) is 13.9. The fraction of sp³-hybridized carbons (Fsp3) is 0.455. The van der Waals surface area contributed by atoms with Crippen LogP contribution in [0.15, 0.2) is 12.3 Å². The van der Waals surface area contributed by atoms with E-state index in [4.69, 9.17) is 9.47 Å². The summed E-state index contributed by atoms with van der Waals surface area (Å²) in [5, 5.41) is 0. The molecule has 0 aliphatic carbocycles. The minimum Gasteiger partial charge on any atom is -0.492 e. The van der Waals surface area contributed by atoms with Gasteiger partial charge in [0.25, 0.3) is 0 Å². The van der Waals surface area contributed by atoms with Gasteiger partial charge in [-0.2, -0.15) is 0 Å². The highest BCUT2D eigenvalue weighted by Gasteiger charge is 2.11. The number of esters is 1. The van der Waals surface area contributed by atoms with E-state index in [2.05, 4.69) is 4.98 Å². The second-order valence-corrected chi connectivity index (χ2v) is 3.52. The molecule has 4 nitrogen and oxygen atoms in total. The molecule has 0 aromatic carbocycles. The van der Waals surface area contributed by atoms with Crippen LogP contribution in [0.2, 0.25) is 0 Å². The molecule has 0 saturated heterocycles. The van der Waals surface area contributed by atoms with Crippen LogP contribution in [-0.2, 0) is 22.6 Å². The fourth-order valence-corrected chi connectivity index (χ4v) is 1.56. The Morgan fingerprint density at radius 2 is 2.53 bits per heavy atom. The summed E-state index contributed by atoms with van der Waals surface area (Å²) in [6, 6.07) is 1.94. The molecule has 80 valence electrons. The summed E-state index contributed by atoms with van der Waals surface area (Å²) in [7, 11) is 0. The van der Waals surface area contributed by atoms with Crippen molar-refractivity contribution in [3.63, 3.8) is 0 Å². The zero-order chi connectivity index (χ0) is 10.7. The molecular weight excluding hydrogens is 194 g/mol. The summed E-state index contributed by atoms with van der Waals surface area (Å²) >= 11 is 0. The third-order valence-corrected chi connectivity index (χ3v) is 2.28. The van der Waals surface area contributed by atoms with Gasteiger partial charge in [0.15, 0.2) is 0 Å². The number of hydrogen-bond acceptors (Lipinski definition) is 4. The predicted molar refractivity (Wildman–Crippen MR) is 53.5 cm³/mol. The highest BCUT2D eigenvalue weighted by Crippen LogP contribution is 2.24. The molecule has 0 N–H and O–H groups in total. The molecule has 15 heavy (non-hydrogen) atoms. The van der Waals surface area contributed by atoms with Crippen molar-refractivity contribution in [2.45, 2.75) is 26.4 Å². The Bertz CT molecular complexity index is 376. The topological polar surface area (TPSA) is 48.4 Å². The highest BCUT2D eigenvalue weighted by atomic mass is 16.5. The van der Waals surface area contributed by atoms with Crippen LogP contribution in [0.3, 0.4) is 0 Å². The maximum atomic E-state index is 10.6. The average Bonchev–Trinajstić information content (AvgIpc) is 2.26. The molecule has 0 bridgehead atoms. The van der Waals surface area contributed by atoms with Crippen molar-refractivity contribution in [1.82, 2.24) is 4.98 Å². The Hall–Kier alpha value is -1.58. The van der Waals surface area contributed by atoms with Crippen molar-refractivity contribution < 1.29 is 14.3 Å². The largest absolute Gasteiger partial charge is 0.492 e. The van der Waals surface area contributed by atoms with Crippen LogP contribution in [0.1, 0.15) is 24.6 Å². The standard InChI is InChI=1S/C11H13NO3/c1-8(13)15-7-10-5-9-3-2-4-14-11(9)6-12-10/h5-6H,2-4,7H2,1H3. The van der Waals surface area contributed by atoms with Gasteiger partial charge in [-0.05, 0) is 24.5 Å². The zero-order valence-corrected chi connectivity index (χ0v) is 8.66. The molecule has 0 amide bonds. The number of fused-ring (bicyclic) bond motifs is 1. The molecule has 0 atom stereocenters. The number of hydrogen-bond donors (Lipinski definition) is 0. The van der Waals surface area contributed by atoms with Crippen molar-refractivity contribution in [1.29, 1.82) is 0 Å². The van der Waals surface area contributed by atoms with Crippen LogP contribution < -0.4 is 4.74 Å². The number of carbonyl (C=O) groups excluding carboxylic acids is 1. The quantitative estimate of drug-likeness (QED) is 0.689. The van der Waals surface area contributed by atoms with E-state index in [1.807, 2.05) is 6.07 Å². The van der Waals surface area contributed by atoms with Gasteiger partial charge in [-0.3, -0.25) is 9.78 Å². The van der Waals surface area contributed by atoms with Gasteiger partial charge >= 0.3 is 5.97 Å². The summed E-state index contributed by atoms with van der Waals surface area (Å²) in [5.74, 6) is 0.568. The first kappa shape index (κ1) is 9.96. The average molecular weight is 207 g/mol. The van der Waals surface area contributed by atoms with E-state index in [0.29, 0.717) is 0 Å². The SMILES string of the molecule is CC(=O)OCc1cc2c(cn1)OCCC2. The molecular formula is C11H13NO3. The lowest BCUT2D eigenvalue weighted by atomic mass is 10.1. The van der Waals surface area contributed by atoms with Gasteiger partial charge in [0.2, 0.25) is 0 Å². The van der Waals surface area contributed by atoms with Crippen LogP contribution in [0, 0.1) is 0 Å². The first-order valence-electron chi connectivity index (χ1n) is 4.99. The molecule has 1 aromatic rings. The van der Waals surface area contributed by atoms with E-state index in [0.717, 1.165) is 36.5 Å². The molecule has 0 unspecified atom stereocenters. The number of rotatable bonds is 2. The van der Waals surface area contributed by atoms with E-state index < -0.39 is 0 Å². The van der Waals surface area contributed by atoms with Gasteiger partial charge < -0.3 is 9.47 Å². The number of aryl methyl sites for hydroxylation is 1. The third-order valence-electron chi connectivity index (χ3n) is 2.28. The Morgan fingerprint density at radius 3 is 3.33 bits per heavy atom. The van der Waals surface area contributed by atoms with Crippen molar-refractivity contribution in [2.75, 3.05) is 6.61 Å². The Balaban J connectivity index is 2.10. The lowest BCUT2D eigenvalue weighted by Gasteiger charge is -2.17. The summed E-state index contributed by atoms with van der Waals surface area (Å²) in [5.41, 5.74) is 1.92. The van der Waals surface area contributed by atoms with E-state index in [1.54, 1.807) is 6.20 Å². The molecule has 1 aromatic heterocycles. The molecule has 1 aliphatic rings. The van der Waals surface area contributed by atoms with Crippen LogP contribution in [0.5, 0.6) is 5.75 Å². The predicted octanol–water partition coefficient (Wildman–Crippen LogP) is 1.47. The van der Waals surface area contributed by atoms with E-state index in [9.17, 15) is 4.79 Å². The lowest BCUT2D eigenvalue weighted by Crippen LogP contribution is -2.10. The minimum atomic E-state index is -0.286. The van der Waals surface area contributed by atoms with Crippen LogP contribution in [-0.4, -0.2) is 17.6 Å². The number of ether oxygens (including phenoxy) is 2. The molecule has 2 rings (SSSR count). The molecule has 0 spiro atoms. The zero-order valence-electron chi connectivity index (χ0n) is 8.66. The van der Waals surface area contributed by atoms with Crippen LogP contribution >= 0.6 is 0 Å². The van der Waals surface area contributed by atoms with Gasteiger partial charge in [0, 0.05) is 6.92 Å². The van der Waals surface area contributed by atoms with Crippen molar-refractivity contribution in [3.05, 3.63) is 23.5 Å². The molecule has 0 radical (unpaired) electrons. The van der Waals surface area contributed by atoms with Gasteiger partial charge in [-0.15, -0.1) is 0 Å². The Morgan fingerprint density at radius 1 is 1.67 bits per heavy atom. The van der Waals surface area contributed by atoms with Gasteiger partial charge in [-0.25, -0.2) is 0 Å². The van der Waals surface area contributed by atoms with Gasteiger partial charge in [-0.1, -0.05) is 0 Å². The van der Waals surface area contributed by atoms with Gasteiger partial charge in [0.1, 0.15) is 12.4 Å². The monoisotopic (exact) mass is 207 g/mol. The maximum Gasteiger partial charge on any atom is 0.303 e. The second-order valence-electron chi connectivity index (χ2n) is 3.52. The van der Waals surface area contributed by atoms with E-state index in [1.165, 1.54) is 6.92 Å². The smallest absolute Gasteiger partial charge is 0.303 e. The maximum absolute atomic E-state index is 10.6. The fourth-order valence-electron chi connectivity index (χ4n) is 1.56. The number of pyridine rings is 1. The summed E-state index contributed by atoms with van der Waals surface area (Å²) in [4.78, 5) is 14.8. The molecule has 2 heterocycles. The Kier molecular flexibility index (Phi) is 2.85. The van der Waals surface area contributed by atoms with Crippen LogP contribution in [0.25, 0.3) is 0 Å². The summed E-state index contributed by atoms with van der Waals surface area (Å²) in [6.45, 7) is 2.39. The van der Waals surface area contributed by atoms with Gasteiger partial charge in [0.05, 0.1) is 18.5 Å². The third kappa shape index (κ3) is 2.46. The second kappa shape index (κ2) is 4.29.